The molecule has 1 N–H and O–H groups in total. The topological polar surface area (TPSA) is 69.2 Å². The maximum Gasteiger partial charge on any atom is 0.283 e. The lowest BCUT2D eigenvalue weighted by molar-refractivity contribution is 0.565. The Morgan fingerprint density at radius 2 is 1.93 bits per heavy atom. The molecule has 0 bridgehead atoms. The molecule has 7 heteroatoms. The zero-order valence-corrected chi connectivity index (χ0v) is 15.9. The summed E-state index contributed by atoms with van der Waals surface area (Å²) in [6, 6.07) is 11.2. The number of aryl methyl sites for hydroxylation is 1. The smallest absolute Gasteiger partial charge is 0.283 e. The average molecular weight is 372 g/mol. The van der Waals surface area contributed by atoms with Crippen LogP contribution in [0.4, 0.5) is 0 Å². The van der Waals surface area contributed by atoms with Gasteiger partial charge in [0.05, 0.1) is 29.1 Å². The van der Waals surface area contributed by atoms with E-state index >= 15 is 0 Å². The van der Waals surface area contributed by atoms with Crippen LogP contribution >= 0.6 is 0 Å². The third-order valence-electron chi connectivity index (χ3n) is 4.59. The molecule has 0 saturated carbocycles. The Morgan fingerprint density at radius 1 is 1.14 bits per heavy atom. The summed E-state index contributed by atoms with van der Waals surface area (Å²) in [5, 5.41) is 12.0. The van der Waals surface area contributed by atoms with E-state index in [1.54, 1.807) is 26.2 Å². The first-order valence-electron chi connectivity index (χ1n) is 8.96. The molecule has 1 atom stereocenters. The van der Waals surface area contributed by atoms with Crippen LogP contribution in [-0.2, 0) is 7.05 Å². The molecule has 28 heavy (non-hydrogen) atoms. The van der Waals surface area contributed by atoms with Crippen molar-refractivity contribution in [2.24, 2.45) is 7.05 Å². The Hall–Kier alpha value is -3.63. The summed E-state index contributed by atoms with van der Waals surface area (Å²) in [5.41, 5.74) is 2.49. The second-order valence-corrected chi connectivity index (χ2v) is 6.52. The van der Waals surface area contributed by atoms with Crippen LogP contribution in [0.3, 0.4) is 0 Å². The zero-order chi connectivity index (χ0) is 19.7. The minimum Gasteiger partial charge on any atom is -0.311 e. The predicted octanol–water partition coefficient (Wildman–Crippen LogP) is 1.90. The third kappa shape index (κ3) is 3.10. The number of rotatable bonds is 3. The van der Waals surface area contributed by atoms with Crippen LogP contribution in [-0.4, -0.2) is 31.0 Å². The Bertz CT molecular complexity index is 1250. The van der Waals surface area contributed by atoms with Gasteiger partial charge in [-0.15, -0.1) is 0 Å². The molecule has 140 valence electrons. The number of fused-ring (bicyclic) bond motifs is 1. The van der Waals surface area contributed by atoms with Gasteiger partial charge in [0.2, 0.25) is 0 Å². The number of para-hydroxylation sites is 1. The highest BCUT2D eigenvalue weighted by molar-refractivity contribution is 5.63. The molecule has 3 aromatic heterocycles. The first kappa shape index (κ1) is 17.8. The van der Waals surface area contributed by atoms with Gasteiger partial charge in [-0.05, 0) is 32.2 Å². The molecule has 4 aromatic rings. The molecule has 0 spiro atoms. The lowest BCUT2D eigenvalue weighted by Crippen LogP contribution is -2.30. The molecule has 0 aliphatic heterocycles. The molecule has 4 rings (SSSR count). The summed E-state index contributed by atoms with van der Waals surface area (Å²) in [5.74, 6) is 6.78. The van der Waals surface area contributed by atoms with Crippen molar-refractivity contribution < 1.29 is 0 Å². The molecule has 0 aliphatic rings. The van der Waals surface area contributed by atoms with Crippen molar-refractivity contribution in [2.75, 3.05) is 7.05 Å². The van der Waals surface area contributed by atoms with Gasteiger partial charge in [-0.1, -0.05) is 30.0 Å². The Labute approximate surface area is 162 Å². The molecule has 0 aliphatic carbocycles. The van der Waals surface area contributed by atoms with E-state index in [0.29, 0.717) is 16.9 Å². The summed E-state index contributed by atoms with van der Waals surface area (Å²) < 4.78 is 4.95. The Kier molecular flexibility index (Phi) is 4.55. The van der Waals surface area contributed by atoms with Gasteiger partial charge in [-0.25, -0.2) is 4.52 Å². The molecular weight excluding hydrogens is 352 g/mol. The van der Waals surface area contributed by atoms with Gasteiger partial charge in [0.1, 0.15) is 5.52 Å². The van der Waals surface area contributed by atoms with E-state index in [-0.39, 0.29) is 11.6 Å². The molecule has 0 radical (unpaired) electrons. The standard InChI is InChI=1S/C21H20N6O/c1-15(22-2)20-24-26-12-11-17(10-9-16-13-23-25(3)14-16)19(26)21(28)27(20)18-7-5-4-6-8-18/h4-8,11-15,22H,1-3H3. The fourth-order valence-electron chi connectivity index (χ4n) is 3.05. The summed E-state index contributed by atoms with van der Waals surface area (Å²) >= 11 is 0. The first-order chi connectivity index (χ1) is 13.6. The van der Waals surface area contributed by atoms with E-state index in [0.717, 1.165) is 11.3 Å². The quantitative estimate of drug-likeness (QED) is 0.558. The normalized spacial score (nSPS) is 12.0. The highest BCUT2D eigenvalue weighted by Crippen LogP contribution is 2.16. The van der Waals surface area contributed by atoms with Crippen LogP contribution in [0.1, 0.15) is 29.9 Å². The molecular formula is C21H20N6O. The molecule has 7 nitrogen and oxygen atoms in total. The number of nitrogens with zero attached hydrogens (tertiary/aromatic N) is 5. The molecule has 3 heterocycles. The van der Waals surface area contributed by atoms with Gasteiger partial charge < -0.3 is 5.32 Å². The van der Waals surface area contributed by atoms with Gasteiger partial charge >= 0.3 is 0 Å². The van der Waals surface area contributed by atoms with E-state index < -0.39 is 0 Å². The van der Waals surface area contributed by atoms with Crippen molar-refractivity contribution in [2.45, 2.75) is 13.0 Å². The van der Waals surface area contributed by atoms with E-state index in [9.17, 15) is 4.79 Å². The van der Waals surface area contributed by atoms with Gasteiger partial charge in [-0.3, -0.25) is 14.0 Å². The van der Waals surface area contributed by atoms with Gasteiger partial charge in [0, 0.05) is 19.4 Å². The van der Waals surface area contributed by atoms with Crippen molar-refractivity contribution in [3.63, 3.8) is 0 Å². The van der Waals surface area contributed by atoms with Gasteiger partial charge in [0.25, 0.3) is 5.56 Å². The minimum atomic E-state index is -0.154. The maximum absolute atomic E-state index is 13.5. The van der Waals surface area contributed by atoms with Crippen LogP contribution in [0.15, 0.2) is 59.8 Å². The second-order valence-electron chi connectivity index (χ2n) is 6.52. The third-order valence-corrected chi connectivity index (χ3v) is 4.59. The first-order valence-corrected chi connectivity index (χ1v) is 8.96. The summed E-state index contributed by atoms with van der Waals surface area (Å²) in [6.07, 6.45) is 5.29. The van der Waals surface area contributed by atoms with Crippen molar-refractivity contribution in [3.8, 4) is 17.5 Å². The lowest BCUT2D eigenvalue weighted by Gasteiger charge is -2.17. The van der Waals surface area contributed by atoms with Crippen molar-refractivity contribution in [1.29, 1.82) is 0 Å². The number of hydrogen-bond donors (Lipinski definition) is 1. The minimum absolute atomic E-state index is 0.107. The van der Waals surface area contributed by atoms with Crippen LogP contribution < -0.4 is 10.9 Å². The molecule has 1 unspecified atom stereocenters. The number of aromatic nitrogens is 5. The van der Waals surface area contributed by atoms with Crippen molar-refractivity contribution in [1.82, 2.24) is 29.3 Å². The van der Waals surface area contributed by atoms with E-state index in [1.165, 1.54) is 0 Å². The fourth-order valence-corrected chi connectivity index (χ4v) is 3.05. The predicted molar refractivity (Wildman–Crippen MR) is 107 cm³/mol. The SMILES string of the molecule is CNC(C)c1nn2ccc(C#Cc3cnn(C)c3)c2c(=O)n1-c1ccccc1. The maximum atomic E-state index is 13.5. The molecule has 0 fully saturated rings. The van der Waals surface area contributed by atoms with Crippen molar-refractivity contribution in [3.05, 3.63) is 82.3 Å². The number of hydrogen-bond acceptors (Lipinski definition) is 4. The van der Waals surface area contributed by atoms with Gasteiger partial charge in [0.15, 0.2) is 5.82 Å². The number of nitrogens with one attached hydrogen (secondary N) is 1. The van der Waals surface area contributed by atoms with Crippen LogP contribution in [0.2, 0.25) is 0 Å². The molecule has 0 saturated heterocycles. The van der Waals surface area contributed by atoms with Crippen LogP contribution in [0, 0.1) is 11.8 Å². The van der Waals surface area contributed by atoms with E-state index in [2.05, 4.69) is 22.3 Å². The van der Waals surface area contributed by atoms with Crippen LogP contribution in [0.5, 0.6) is 0 Å². The number of benzene rings is 1. The molecule has 1 aromatic carbocycles. The summed E-state index contributed by atoms with van der Waals surface area (Å²) in [7, 11) is 3.68. The zero-order valence-electron chi connectivity index (χ0n) is 15.9. The lowest BCUT2D eigenvalue weighted by atomic mass is 10.2. The summed E-state index contributed by atoms with van der Waals surface area (Å²) in [4.78, 5) is 13.5. The monoisotopic (exact) mass is 372 g/mol. The van der Waals surface area contributed by atoms with Gasteiger partial charge in [-0.2, -0.15) is 10.2 Å². The largest absolute Gasteiger partial charge is 0.311 e. The highest BCUT2D eigenvalue weighted by Gasteiger charge is 2.18. The highest BCUT2D eigenvalue weighted by atomic mass is 16.1. The van der Waals surface area contributed by atoms with E-state index in [1.807, 2.05) is 63.6 Å². The van der Waals surface area contributed by atoms with Crippen molar-refractivity contribution >= 4 is 5.52 Å². The Balaban J connectivity index is 1.95. The second kappa shape index (κ2) is 7.18. The fraction of sp³-hybridized carbons (Fsp3) is 0.190. The van der Waals surface area contributed by atoms with E-state index in [4.69, 9.17) is 5.10 Å². The average Bonchev–Trinajstić information content (AvgIpc) is 3.32. The molecule has 0 amide bonds. The Morgan fingerprint density at radius 3 is 2.61 bits per heavy atom. The van der Waals surface area contributed by atoms with Crippen LogP contribution in [0.25, 0.3) is 11.2 Å². The summed E-state index contributed by atoms with van der Waals surface area (Å²) in [6.45, 7) is 1.97.